The molecule has 21 heavy (non-hydrogen) atoms. The van der Waals surface area contributed by atoms with Gasteiger partial charge in [-0.15, -0.1) is 0 Å². The number of benzene rings is 2. The standard InChI is InChI=1S/C14H12BN2O4/c16-13(18)9-3-1-5-11(7-9)20-15-21-12-6-2-4-10(8-12)14(17)19/h1-8H,(H2,16,18)(H2,17,19). The molecule has 2 amide bonds. The maximum Gasteiger partial charge on any atom is 0.658 e. The predicted molar refractivity (Wildman–Crippen MR) is 76.9 cm³/mol. The number of hydrogen-bond acceptors (Lipinski definition) is 4. The van der Waals surface area contributed by atoms with E-state index >= 15 is 0 Å². The van der Waals surface area contributed by atoms with Crippen molar-refractivity contribution in [1.82, 2.24) is 0 Å². The maximum atomic E-state index is 11.0. The second-order valence-electron chi connectivity index (χ2n) is 4.12. The molecule has 0 spiro atoms. The molecule has 0 aliphatic carbocycles. The van der Waals surface area contributed by atoms with Crippen molar-refractivity contribution in [2.24, 2.45) is 11.5 Å². The highest BCUT2D eigenvalue weighted by molar-refractivity contribution is 6.20. The zero-order valence-electron chi connectivity index (χ0n) is 11.0. The lowest BCUT2D eigenvalue weighted by molar-refractivity contribution is 0.0991. The first-order valence-electron chi connectivity index (χ1n) is 6.01. The topological polar surface area (TPSA) is 105 Å². The van der Waals surface area contributed by atoms with Crippen LogP contribution in [0.25, 0.3) is 0 Å². The summed E-state index contributed by atoms with van der Waals surface area (Å²) >= 11 is 0. The van der Waals surface area contributed by atoms with Gasteiger partial charge in [0.2, 0.25) is 11.8 Å². The highest BCUT2D eigenvalue weighted by Gasteiger charge is 2.06. The van der Waals surface area contributed by atoms with Crippen molar-refractivity contribution in [2.75, 3.05) is 0 Å². The summed E-state index contributed by atoms with van der Waals surface area (Å²) in [4.78, 5) is 22.1. The Labute approximate surface area is 122 Å². The number of rotatable bonds is 6. The van der Waals surface area contributed by atoms with Crippen LogP contribution in [0.1, 0.15) is 20.7 Å². The van der Waals surface area contributed by atoms with E-state index in [-0.39, 0.29) is 0 Å². The summed E-state index contributed by atoms with van der Waals surface area (Å²) in [6.45, 7) is 0. The molecule has 2 rings (SSSR count). The molecule has 0 aromatic heterocycles. The van der Waals surface area contributed by atoms with Crippen molar-refractivity contribution < 1.29 is 18.9 Å². The molecule has 0 aliphatic rings. The van der Waals surface area contributed by atoms with Crippen molar-refractivity contribution >= 4 is 19.5 Å². The summed E-state index contributed by atoms with van der Waals surface area (Å²) in [5.74, 6) is -0.291. The van der Waals surface area contributed by atoms with Crippen molar-refractivity contribution in [2.45, 2.75) is 0 Å². The Kier molecular flexibility index (Phi) is 4.45. The molecule has 0 unspecified atom stereocenters. The Morgan fingerprint density at radius 2 is 1.24 bits per heavy atom. The molecule has 4 N–H and O–H groups in total. The lowest BCUT2D eigenvalue weighted by Crippen LogP contribution is -2.14. The van der Waals surface area contributed by atoms with Gasteiger partial charge in [0.15, 0.2) is 0 Å². The second-order valence-corrected chi connectivity index (χ2v) is 4.12. The Morgan fingerprint density at radius 1 is 0.810 bits per heavy atom. The molecular weight excluding hydrogens is 271 g/mol. The quantitative estimate of drug-likeness (QED) is 0.767. The van der Waals surface area contributed by atoms with Crippen LogP contribution >= 0.6 is 0 Å². The summed E-state index contributed by atoms with van der Waals surface area (Å²) in [6, 6.07) is 12.7. The molecule has 0 atom stereocenters. The van der Waals surface area contributed by atoms with Crippen LogP contribution in [0.5, 0.6) is 11.5 Å². The molecule has 2 aromatic carbocycles. The molecule has 1 radical (unpaired) electrons. The van der Waals surface area contributed by atoms with E-state index in [2.05, 4.69) is 0 Å². The van der Waals surface area contributed by atoms with E-state index in [4.69, 9.17) is 20.8 Å². The van der Waals surface area contributed by atoms with Crippen LogP contribution in [0, 0.1) is 0 Å². The Balaban J connectivity index is 1.95. The molecule has 0 fully saturated rings. The highest BCUT2D eigenvalue weighted by Crippen LogP contribution is 2.15. The predicted octanol–water partition coefficient (Wildman–Crippen LogP) is 0.876. The average Bonchev–Trinajstić information content (AvgIpc) is 2.48. The fourth-order valence-electron chi connectivity index (χ4n) is 1.58. The van der Waals surface area contributed by atoms with Gasteiger partial charge in [0, 0.05) is 11.1 Å². The summed E-state index contributed by atoms with van der Waals surface area (Å²) in [7, 11) is 1.08. The third kappa shape index (κ3) is 4.00. The second kappa shape index (κ2) is 6.47. The fraction of sp³-hybridized carbons (Fsp3) is 0. The van der Waals surface area contributed by atoms with E-state index in [0.29, 0.717) is 22.6 Å². The zero-order valence-corrected chi connectivity index (χ0v) is 11.0. The largest absolute Gasteiger partial charge is 0.658 e. The number of carbonyl (C=O) groups excluding carboxylic acids is 2. The molecule has 2 aromatic rings. The van der Waals surface area contributed by atoms with Gasteiger partial charge in [-0.3, -0.25) is 9.59 Å². The molecular formula is C14H12BN2O4. The van der Waals surface area contributed by atoms with Crippen LogP contribution in [0.2, 0.25) is 0 Å². The van der Waals surface area contributed by atoms with E-state index in [1.807, 2.05) is 0 Å². The molecule has 0 heterocycles. The Bertz CT molecular complexity index is 618. The molecule has 0 aliphatic heterocycles. The third-order valence-corrected chi connectivity index (χ3v) is 2.61. The highest BCUT2D eigenvalue weighted by atomic mass is 16.6. The first-order chi connectivity index (χ1) is 10.1. The van der Waals surface area contributed by atoms with Gasteiger partial charge in [-0.1, -0.05) is 12.1 Å². The molecule has 6 nitrogen and oxygen atoms in total. The minimum atomic E-state index is -0.546. The summed E-state index contributed by atoms with van der Waals surface area (Å²) in [6.07, 6.45) is 0. The van der Waals surface area contributed by atoms with Crippen molar-refractivity contribution in [1.29, 1.82) is 0 Å². The number of hydrogen-bond donors (Lipinski definition) is 2. The Morgan fingerprint density at radius 3 is 1.62 bits per heavy atom. The van der Waals surface area contributed by atoms with E-state index in [9.17, 15) is 9.59 Å². The van der Waals surface area contributed by atoms with Gasteiger partial charge in [-0.2, -0.15) is 0 Å². The van der Waals surface area contributed by atoms with E-state index in [0.717, 1.165) is 7.69 Å². The summed E-state index contributed by atoms with van der Waals surface area (Å²) in [5, 5.41) is 0. The zero-order chi connectivity index (χ0) is 15.2. The normalized spacial score (nSPS) is 9.71. The molecule has 105 valence electrons. The fourth-order valence-corrected chi connectivity index (χ4v) is 1.58. The smallest absolute Gasteiger partial charge is 0.526 e. The summed E-state index contributed by atoms with van der Waals surface area (Å²) in [5.41, 5.74) is 11.0. The molecule has 0 saturated heterocycles. The first kappa shape index (κ1) is 14.5. The van der Waals surface area contributed by atoms with Gasteiger partial charge < -0.3 is 20.8 Å². The average molecular weight is 283 g/mol. The van der Waals surface area contributed by atoms with Crippen LogP contribution in [-0.4, -0.2) is 19.5 Å². The third-order valence-electron chi connectivity index (χ3n) is 2.61. The van der Waals surface area contributed by atoms with Crippen molar-refractivity contribution in [3.05, 3.63) is 59.7 Å². The number of nitrogens with two attached hydrogens (primary N) is 2. The van der Waals surface area contributed by atoms with Crippen LogP contribution in [-0.2, 0) is 0 Å². The van der Waals surface area contributed by atoms with Gasteiger partial charge >= 0.3 is 7.69 Å². The minimum absolute atomic E-state index is 0.330. The lowest BCUT2D eigenvalue weighted by Gasteiger charge is -2.07. The van der Waals surface area contributed by atoms with Gasteiger partial charge in [0.1, 0.15) is 11.5 Å². The number of primary amides is 2. The van der Waals surface area contributed by atoms with Crippen LogP contribution in [0.15, 0.2) is 48.5 Å². The Hall–Kier alpha value is -2.96. The molecule has 0 saturated carbocycles. The van der Waals surface area contributed by atoms with Crippen molar-refractivity contribution in [3.8, 4) is 11.5 Å². The molecule has 0 bridgehead atoms. The van der Waals surface area contributed by atoms with Crippen LogP contribution < -0.4 is 20.8 Å². The maximum absolute atomic E-state index is 11.0. The number of amides is 2. The SMILES string of the molecule is NC(=O)c1cccc(O[B]Oc2cccc(C(N)=O)c2)c1. The van der Waals surface area contributed by atoms with Crippen molar-refractivity contribution in [3.63, 3.8) is 0 Å². The molecule has 7 heteroatoms. The van der Waals surface area contributed by atoms with Crippen LogP contribution in [0.4, 0.5) is 0 Å². The van der Waals surface area contributed by atoms with E-state index in [1.165, 1.54) is 12.1 Å². The minimum Gasteiger partial charge on any atom is -0.526 e. The van der Waals surface area contributed by atoms with Gasteiger partial charge in [-0.25, -0.2) is 0 Å². The number of carbonyl (C=O) groups is 2. The van der Waals surface area contributed by atoms with Gasteiger partial charge in [0.25, 0.3) is 0 Å². The summed E-state index contributed by atoms with van der Waals surface area (Å²) < 4.78 is 10.5. The van der Waals surface area contributed by atoms with Crippen LogP contribution in [0.3, 0.4) is 0 Å². The van der Waals surface area contributed by atoms with E-state index < -0.39 is 11.8 Å². The van der Waals surface area contributed by atoms with Gasteiger partial charge in [-0.05, 0) is 36.4 Å². The van der Waals surface area contributed by atoms with E-state index in [1.54, 1.807) is 36.4 Å². The first-order valence-corrected chi connectivity index (χ1v) is 6.01. The lowest BCUT2D eigenvalue weighted by atomic mass is 10.2. The van der Waals surface area contributed by atoms with Gasteiger partial charge in [0.05, 0.1) is 0 Å². The monoisotopic (exact) mass is 283 g/mol.